The average molecular weight is 455 g/mol. The molecule has 0 radical (unpaired) electrons. The van der Waals surface area contributed by atoms with Crippen molar-refractivity contribution in [1.29, 1.82) is 0 Å². The van der Waals surface area contributed by atoms with Gasteiger partial charge in [0.1, 0.15) is 0 Å². The average Bonchev–Trinajstić information content (AvgIpc) is 3.44. The molecular formula is C22H22N4O5S. The van der Waals surface area contributed by atoms with Gasteiger partial charge in [-0.05, 0) is 68.3 Å². The zero-order chi connectivity index (χ0) is 22.7. The predicted molar refractivity (Wildman–Crippen MR) is 117 cm³/mol. The molecule has 0 saturated heterocycles. The summed E-state index contributed by atoms with van der Waals surface area (Å²) in [7, 11) is -3.57. The van der Waals surface area contributed by atoms with Gasteiger partial charge in [0.15, 0.2) is 5.69 Å². The Morgan fingerprint density at radius 2 is 1.88 bits per heavy atom. The van der Waals surface area contributed by atoms with Gasteiger partial charge < -0.3 is 10.1 Å². The zero-order valence-electron chi connectivity index (χ0n) is 17.3. The van der Waals surface area contributed by atoms with E-state index in [0.29, 0.717) is 16.9 Å². The number of esters is 1. The molecule has 9 nitrogen and oxygen atoms in total. The molecule has 1 saturated carbocycles. The van der Waals surface area contributed by atoms with E-state index in [4.69, 9.17) is 4.74 Å². The fraction of sp³-hybridized carbons (Fsp3) is 0.227. The van der Waals surface area contributed by atoms with E-state index < -0.39 is 16.0 Å². The van der Waals surface area contributed by atoms with Gasteiger partial charge in [-0.25, -0.2) is 22.6 Å². The Kier molecular flexibility index (Phi) is 6.06. The first-order valence-electron chi connectivity index (χ1n) is 10.1. The summed E-state index contributed by atoms with van der Waals surface area (Å²) < 4.78 is 33.6. The molecule has 0 bridgehead atoms. The van der Waals surface area contributed by atoms with Gasteiger partial charge in [-0.3, -0.25) is 4.79 Å². The van der Waals surface area contributed by atoms with Gasteiger partial charge in [-0.1, -0.05) is 6.07 Å². The minimum absolute atomic E-state index is 0.0124. The summed E-state index contributed by atoms with van der Waals surface area (Å²) in [5, 5.41) is 6.98. The molecule has 4 rings (SSSR count). The molecule has 0 spiro atoms. The Morgan fingerprint density at radius 3 is 2.56 bits per heavy atom. The van der Waals surface area contributed by atoms with Crippen molar-refractivity contribution in [2.24, 2.45) is 0 Å². The number of hydrogen-bond donors (Lipinski definition) is 2. The maximum Gasteiger partial charge on any atom is 0.358 e. The van der Waals surface area contributed by atoms with Crippen LogP contribution in [0.5, 0.6) is 0 Å². The lowest BCUT2D eigenvalue weighted by Gasteiger charge is -2.09. The van der Waals surface area contributed by atoms with E-state index in [9.17, 15) is 18.0 Å². The van der Waals surface area contributed by atoms with Crippen LogP contribution in [0, 0.1) is 0 Å². The lowest BCUT2D eigenvalue weighted by molar-refractivity contribution is 0.0519. The van der Waals surface area contributed by atoms with Crippen LogP contribution in [0.2, 0.25) is 0 Å². The van der Waals surface area contributed by atoms with Gasteiger partial charge in [0, 0.05) is 23.5 Å². The van der Waals surface area contributed by atoms with Crippen molar-refractivity contribution in [3.63, 3.8) is 0 Å². The fourth-order valence-electron chi connectivity index (χ4n) is 2.99. The van der Waals surface area contributed by atoms with Crippen LogP contribution in [-0.4, -0.2) is 42.7 Å². The molecule has 0 aliphatic heterocycles. The predicted octanol–water partition coefficient (Wildman–Crippen LogP) is 2.74. The van der Waals surface area contributed by atoms with Crippen molar-refractivity contribution in [3.8, 4) is 5.69 Å². The van der Waals surface area contributed by atoms with Crippen LogP contribution in [0.4, 0.5) is 5.69 Å². The summed E-state index contributed by atoms with van der Waals surface area (Å²) in [5.74, 6) is -0.887. The summed E-state index contributed by atoms with van der Waals surface area (Å²) in [6.07, 6.45) is 3.32. The zero-order valence-corrected chi connectivity index (χ0v) is 18.1. The number of sulfonamides is 1. The molecule has 32 heavy (non-hydrogen) atoms. The lowest BCUT2D eigenvalue weighted by Crippen LogP contribution is -2.25. The topological polar surface area (TPSA) is 119 Å². The van der Waals surface area contributed by atoms with E-state index in [0.717, 1.165) is 12.8 Å². The number of ether oxygens (including phenoxy) is 1. The maximum atomic E-state index is 12.6. The first-order chi connectivity index (χ1) is 15.4. The minimum Gasteiger partial charge on any atom is -0.461 e. The van der Waals surface area contributed by atoms with Crippen LogP contribution in [0.25, 0.3) is 5.69 Å². The number of nitrogens with one attached hydrogen (secondary N) is 2. The minimum atomic E-state index is -3.57. The second-order valence-electron chi connectivity index (χ2n) is 7.29. The van der Waals surface area contributed by atoms with Crippen molar-refractivity contribution >= 4 is 27.6 Å². The van der Waals surface area contributed by atoms with Gasteiger partial charge in [0.2, 0.25) is 10.0 Å². The van der Waals surface area contributed by atoms with Crippen LogP contribution in [0.1, 0.15) is 40.6 Å². The van der Waals surface area contributed by atoms with Crippen LogP contribution in [0.3, 0.4) is 0 Å². The van der Waals surface area contributed by atoms with E-state index in [-0.39, 0.29) is 29.1 Å². The molecule has 10 heteroatoms. The van der Waals surface area contributed by atoms with Crippen LogP contribution >= 0.6 is 0 Å². The molecule has 3 aromatic rings. The molecule has 2 aromatic carbocycles. The molecule has 1 amide bonds. The Hall–Kier alpha value is -3.50. The molecule has 1 aliphatic carbocycles. The Balaban J connectivity index is 1.45. The molecular weight excluding hydrogens is 432 g/mol. The molecule has 1 heterocycles. The quantitative estimate of drug-likeness (QED) is 0.505. The number of anilines is 1. The van der Waals surface area contributed by atoms with Crippen LogP contribution < -0.4 is 10.0 Å². The second kappa shape index (κ2) is 8.93. The lowest BCUT2D eigenvalue weighted by atomic mass is 10.2. The molecule has 0 unspecified atom stereocenters. The maximum absolute atomic E-state index is 12.6. The second-order valence-corrected chi connectivity index (χ2v) is 9.00. The first-order valence-corrected chi connectivity index (χ1v) is 11.6. The SMILES string of the molecule is CCOC(=O)c1ccn(-c2cccc(NC(=O)c3ccc(S(=O)(=O)NC4CC4)cc3)c2)n1. The highest BCUT2D eigenvalue weighted by Gasteiger charge is 2.28. The Morgan fingerprint density at radius 1 is 1.12 bits per heavy atom. The molecule has 0 atom stereocenters. The highest BCUT2D eigenvalue weighted by molar-refractivity contribution is 7.89. The molecule has 2 N–H and O–H groups in total. The first kappa shape index (κ1) is 21.7. The summed E-state index contributed by atoms with van der Waals surface area (Å²) >= 11 is 0. The summed E-state index contributed by atoms with van der Waals surface area (Å²) in [6, 6.07) is 14.3. The summed E-state index contributed by atoms with van der Waals surface area (Å²) in [5.41, 5.74) is 1.68. The third kappa shape index (κ3) is 5.04. The molecule has 1 aromatic heterocycles. The van der Waals surface area contributed by atoms with Crippen molar-refractivity contribution in [2.45, 2.75) is 30.7 Å². The molecule has 1 aliphatic rings. The standard InChI is InChI=1S/C22H22N4O5S/c1-2-31-22(28)20-12-13-26(24-20)18-5-3-4-17(14-18)23-21(27)15-6-10-19(11-7-15)32(29,30)25-16-8-9-16/h3-7,10-14,16,25H,2,8-9H2,1H3,(H,23,27). The van der Waals surface area contributed by atoms with Crippen LogP contribution in [-0.2, 0) is 14.8 Å². The third-order valence-corrected chi connectivity index (χ3v) is 6.30. The summed E-state index contributed by atoms with van der Waals surface area (Å²) in [4.78, 5) is 24.5. The highest BCUT2D eigenvalue weighted by atomic mass is 32.2. The van der Waals surface area contributed by atoms with Gasteiger partial charge in [0.05, 0.1) is 17.2 Å². The number of amides is 1. The number of benzene rings is 2. The normalized spacial score (nSPS) is 13.5. The number of aromatic nitrogens is 2. The third-order valence-electron chi connectivity index (χ3n) is 4.77. The molecule has 166 valence electrons. The monoisotopic (exact) mass is 454 g/mol. The van der Waals surface area contributed by atoms with Crippen molar-refractivity contribution in [3.05, 3.63) is 72.1 Å². The van der Waals surface area contributed by atoms with E-state index >= 15 is 0 Å². The number of rotatable bonds is 8. The Labute approximate surface area is 185 Å². The van der Waals surface area contributed by atoms with Gasteiger partial charge in [-0.15, -0.1) is 0 Å². The van der Waals surface area contributed by atoms with Crippen molar-refractivity contribution in [2.75, 3.05) is 11.9 Å². The van der Waals surface area contributed by atoms with Crippen molar-refractivity contribution < 1.29 is 22.7 Å². The van der Waals surface area contributed by atoms with E-state index in [1.54, 1.807) is 43.5 Å². The van der Waals surface area contributed by atoms with Gasteiger partial charge >= 0.3 is 5.97 Å². The van der Waals surface area contributed by atoms with Crippen LogP contribution in [0.15, 0.2) is 65.7 Å². The number of nitrogens with zero attached hydrogens (tertiary/aromatic N) is 2. The van der Waals surface area contributed by atoms with Gasteiger partial charge in [0.25, 0.3) is 5.91 Å². The largest absolute Gasteiger partial charge is 0.461 e. The Bertz CT molecular complexity index is 1250. The smallest absolute Gasteiger partial charge is 0.358 e. The van der Waals surface area contributed by atoms with E-state index in [2.05, 4.69) is 15.1 Å². The van der Waals surface area contributed by atoms with E-state index in [1.807, 2.05) is 0 Å². The number of carbonyl (C=O) groups is 2. The van der Waals surface area contributed by atoms with E-state index in [1.165, 1.54) is 28.9 Å². The number of hydrogen-bond acceptors (Lipinski definition) is 6. The highest BCUT2D eigenvalue weighted by Crippen LogP contribution is 2.22. The van der Waals surface area contributed by atoms with Gasteiger partial charge in [-0.2, -0.15) is 5.10 Å². The number of carbonyl (C=O) groups excluding carboxylic acids is 2. The molecule has 1 fully saturated rings. The van der Waals surface area contributed by atoms with Crippen molar-refractivity contribution in [1.82, 2.24) is 14.5 Å². The fourth-order valence-corrected chi connectivity index (χ4v) is 4.29. The summed E-state index contributed by atoms with van der Waals surface area (Å²) in [6.45, 7) is 1.98.